The van der Waals surface area contributed by atoms with Gasteiger partial charge in [-0.05, 0) is 24.1 Å². The minimum absolute atomic E-state index is 0.132. The van der Waals surface area contributed by atoms with Crippen LogP contribution in [0.3, 0.4) is 0 Å². The first-order valence-electron chi connectivity index (χ1n) is 11.6. The van der Waals surface area contributed by atoms with Crippen LogP contribution in [0.15, 0.2) is 42.2 Å². The Labute approximate surface area is 209 Å². The Kier molecular flexibility index (Phi) is 7.26. The van der Waals surface area contributed by atoms with Crippen molar-refractivity contribution in [1.82, 2.24) is 0 Å². The molecule has 0 saturated carbocycles. The van der Waals surface area contributed by atoms with E-state index in [4.69, 9.17) is 35.3 Å². The molecule has 0 N–H and O–H groups in total. The number of ether oxygens (including phenoxy) is 5. The van der Waals surface area contributed by atoms with E-state index in [0.29, 0.717) is 12.4 Å². The fraction of sp³-hybridized carbons (Fsp3) is 0.407. The van der Waals surface area contributed by atoms with Gasteiger partial charge in [-0.2, -0.15) is 0 Å². The zero-order valence-electron chi connectivity index (χ0n) is 20.3. The first-order valence-corrected chi connectivity index (χ1v) is 12.0. The van der Waals surface area contributed by atoms with E-state index >= 15 is 0 Å². The number of unbranched alkanes of at least 4 members (excludes halogenated alkanes) is 1. The second kappa shape index (κ2) is 10.2. The first-order chi connectivity index (χ1) is 16.8. The average Bonchev–Trinajstić information content (AvgIpc) is 3.16. The maximum absolute atomic E-state index is 13.9. The third-order valence-corrected chi connectivity index (χ3v) is 6.72. The second-order valence-electron chi connectivity index (χ2n) is 8.68. The molecule has 2 atom stereocenters. The van der Waals surface area contributed by atoms with E-state index < -0.39 is 11.5 Å². The minimum Gasteiger partial charge on any atom is -0.496 e. The van der Waals surface area contributed by atoms with Crippen molar-refractivity contribution < 1.29 is 33.3 Å². The summed E-state index contributed by atoms with van der Waals surface area (Å²) in [6.45, 7) is 4.71. The molecule has 0 amide bonds. The zero-order chi connectivity index (χ0) is 25.2. The molecule has 1 spiro atoms. The van der Waals surface area contributed by atoms with Crippen LogP contribution in [0.25, 0.3) is 0 Å². The zero-order valence-corrected chi connectivity index (χ0v) is 21.1. The quantitative estimate of drug-likeness (QED) is 0.417. The summed E-state index contributed by atoms with van der Waals surface area (Å²) in [6, 6.07) is 9.07. The van der Waals surface area contributed by atoms with Crippen LogP contribution in [0.5, 0.6) is 23.0 Å². The van der Waals surface area contributed by atoms with Gasteiger partial charge in [0.25, 0.3) is 0 Å². The number of rotatable bonds is 9. The molecule has 0 unspecified atom stereocenters. The maximum Gasteiger partial charge on any atom is 0.231 e. The molecule has 35 heavy (non-hydrogen) atoms. The number of fused-ring (bicyclic) bond motifs is 1. The Bertz CT molecular complexity index is 1160. The summed E-state index contributed by atoms with van der Waals surface area (Å²) in [5.41, 5.74) is -0.458. The fourth-order valence-corrected chi connectivity index (χ4v) is 4.68. The highest BCUT2D eigenvalue weighted by atomic mass is 35.5. The standard InChI is InChI=1S/C27H29ClO7/c1-5-6-11-33-19-9-7-17(8-10-19)15-34-22-13-18(29)12-16(2)27(22)26(30)23-20(31-3)14-21(32-4)24(28)25(23)35-27/h7-10,13-14,16H,5-6,11-12,15H2,1-4H3/t16-,27+/m1/s1. The Morgan fingerprint density at radius 2 is 1.80 bits per heavy atom. The van der Waals surface area contributed by atoms with Crippen molar-refractivity contribution in [3.05, 3.63) is 58.3 Å². The molecular formula is C27H29ClO7. The predicted molar refractivity (Wildman–Crippen MR) is 131 cm³/mol. The molecule has 2 aromatic carbocycles. The second-order valence-corrected chi connectivity index (χ2v) is 9.06. The fourth-order valence-electron chi connectivity index (χ4n) is 4.42. The summed E-state index contributed by atoms with van der Waals surface area (Å²) < 4.78 is 28.9. The molecule has 0 bridgehead atoms. The van der Waals surface area contributed by atoms with Gasteiger partial charge in [-0.15, -0.1) is 0 Å². The SMILES string of the molecule is CCCCOc1ccc(COC2=CC(=O)C[C@@H](C)[C@]23Oc2c(Cl)c(OC)cc(OC)c2C3=O)cc1. The van der Waals surface area contributed by atoms with Gasteiger partial charge in [0.05, 0.1) is 20.8 Å². The Morgan fingerprint density at radius 1 is 1.09 bits per heavy atom. The van der Waals surface area contributed by atoms with Crippen LogP contribution >= 0.6 is 11.6 Å². The van der Waals surface area contributed by atoms with Crippen LogP contribution < -0.4 is 18.9 Å². The normalized spacial score (nSPS) is 20.8. The maximum atomic E-state index is 13.9. The van der Waals surface area contributed by atoms with E-state index in [1.54, 1.807) is 13.0 Å². The number of carbonyl (C=O) groups is 2. The molecular weight excluding hydrogens is 472 g/mol. The van der Waals surface area contributed by atoms with Gasteiger partial charge in [0.15, 0.2) is 17.3 Å². The molecule has 0 saturated heterocycles. The van der Waals surface area contributed by atoms with Crippen molar-refractivity contribution in [2.75, 3.05) is 20.8 Å². The number of methoxy groups -OCH3 is 2. The number of halogens is 1. The molecule has 1 aliphatic heterocycles. The van der Waals surface area contributed by atoms with Gasteiger partial charge >= 0.3 is 0 Å². The molecule has 2 aliphatic rings. The lowest BCUT2D eigenvalue weighted by molar-refractivity contribution is -0.118. The van der Waals surface area contributed by atoms with E-state index in [9.17, 15) is 9.59 Å². The number of allylic oxidation sites excluding steroid dienone is 1. The molecule has 1 aliphatic carbocycles. The van der Waals surface area contributed by atoms with Crippen LogP contribution in [0, 0.1) is 5.92 Å². The van der Waals surface area contributed by atoms with E-state index in [0.717, 1.165) is 24.2 Å². The van der Waals surface area contributed by atoms with Crippen LogP contribution in [-0.4, -0.2) is 38.0 Å². The Morgan fingerprint density at radius 3 is 2.46 bits per heavy atom. The summed E-state index contributed by atoms with van der Waals surface area (Å²) in [4.78, 5) is 26.3. The summed E-state index contributed by atoms with van der Waals surface area (Å²) >= 11 is 6.51. The first kappa shape index (κ1) is 24.9. The Balaban J connectivity index is 1.63. The summed E-state index contributed by atoms with van der Waals surface area (Å²) in [5, 5.41) is 0.163. The molecule has 2 aromatic rings. The Hall–Kier alpha value is -3.19. The van der Waals surface area contributed by atoms with Gasteiger partial charge in [0, 0.05) is 24.5 Å². The molecule has 0 radical (unpaired) electrons. The minimum atomic E-state index is -1.53. The summed E-state index contributed by atoms with van der Waals surface area (Å²) in [5.74, 6) is 0.709. The number of hydrogen-bond donors (Lipinski definition) is 0. The van der Waals surface area contributed by atoms with E-state index in [1.807, 2.05) is 24.3 Å². The van der Waals surface area contributed by atoms with Gasteiger partial charge in [-0.3, -0.25) is 9.59 Å². The highest BCUT2D eigenvalue weighted by Crippen LogP contribution is 2.54. The molecule has 7 nitrogen and oxygen atoms in total. The number of hydrogen-bond acceptors (Lipinski definition) is 7. The highest BCUT2D eigenvalue weighted by molar-refractivity contribution is 6.35. The molecule has 0 aromatic heterocycles. The van der Waals surface area contributed by atoms with Crippen molar-refractivity contribution >= 4 is 23.2 Å². The molecule has 1 heterocycles. The third-order valence-electron chi connectivity index (χ3n) is 6.36. The van der Waals surface area contributed by atoms with Gasteiger partial charge in [-0.25, -0.2) is 0 Å². The van der Waals surface area contributed by atoms with Crippen LogP contribution in [-0.2, 0) is 16.1 Å². The molecule has 4 rings (SSSR count). The van der Waals surface area contributed by atoms with E-state index in [1.165, 1.54) is 20.3 Å². The largest absolute Gasteiger partial charge is 0.496 e. The smallest absolute Gasteiger partial charge is 0.231 e. The van der Waals surface area contributed by atoms with Crippen LogP contribution in [0.4, 0.5) is 0 Å². The van der Waals surface area contributed by atoms with Crippen LogP contribution in [0.2, 0.25) is 5.02 Å². The van der Waals surface area contributed by atoms with E-state index in [2.05, 4.69) is 6.92 Å². The van der Waals surface area contributed by atoms with Crippen molar-refractivity contribution in [1.29, 1.82) is 0 Å². The monoisotopic (exact) mass is 500 g/mol. The van der Waals surface area contributed by atoms with Crippen molar-refractivity contribution in [2.24, 2.45) is 5.92 Å². The predicted octanol–water partition coefficient (Wildman–Crippen LogP) is 5.56. The lowest BCUT2D eigenvalue weighted by atomic mass is 9.75. The molecule has 186 valence electrons. The van der Waals surface area contributed by atoms with Gasteiger partial charge in [-0.1, -0.05) is 44.0 Å². The summed E-state index contributed by atoms with van der Waals surface area (Å²) in [6.07, 6.45) is 3.54. The van der Waals surface area contributed by atoms with E-state index in [-0.39, 0.29) is 52.4 Å². The van der Waals surface area contributed by atoms with Gasteiger partial charge in [0.1, 0.15) is 34.4 Å². The number of benzene rings is 2. The third kappa shape index (κ3) is 4.45. The molecule has 8 heteroatoms. The number of Topliss-reactive ketones (excluding diaryl/α,β-unsaturated/α-hetero) is 1. The highest BCUT2D eigenvalue weighted by Gasteiger charge is 2.60. The average molecular weight is 501 g/mol. The van der Waals surface area contributed by atoms with Gasteiger partial charge in [0.2, 0.25) is 11.4 Å². The lowest BCUT2D eigenvalue weighted by Crippen LogP contribution is -2.51. The lowest BCUT2D eigenvalue weighted by Gasteiger charge is -2.37. The van der Waals surface area contributed by atoms with Crippen LogP contribution in [0.1, 0.15) is 49.0 Å². The van der Waals surface area contributed by atoms with Crippen molar-refractivity contribution in [3.63, 3.8) is 0 Å². The number of ketones is 2. The topological polar surface area (TPSA) is 80.3 Å². The number of carbonyl (C=O) groups excluding carboxylic acids is 2. The van der Waals surface area contributed by atoms with Gasteiger partial charge < -0.3 is 23.7 Å². The summed E-state index contributed by atoms with van der Waals surface area (Å²) in [7, 11) is 2.92. The molecule has 0 fully saturated rings. The van der Waals surface area contributed by atoms with Crippen molar-refractivity contribution in [2.45, 2.75) is 45.3 Å². The van der Waals surface area contributed by atoms with Crippen molar-refractivity contribution in [3.8, 4) is 23.0 Å².